The first-order valence-corrected chi connectivity index (χ1v) is 8.17. The number of nitrogens with zero attached hydrogens (tertiary/aromatic N) is 1. The second-order valence-corrected chi connectivity index (χ2v) is 6.65. The molecule has 0 aromatic carbocycles. The molecule has 1 fully saturated rings. The highest BCUT2D eigenvalue weighted by Crippen LogP contribution is 2.29. The molecule has 1 aliphatic rings. The molecule has 0 aromatic heterocycles. The fourth-order valence-corrected chi connectivity index (χ4v) is 3.22. The van der Waals surface area contributed by atoms with E-state index in [1.54, 1.807) is 18.0 Å². The zero-order chi connectivity index (χ0) is 17.6. The lowest BCUT2D eigenvalue weighted by atomic mass is 9.94. The van der Waals surface area contributed by atoms with E-state index in [9.17, 15) is 14.4 Å². The molecule has 0 radical (unpaired) electrons. The van der Waals surface area contributed by atoms with E-state index in [4.69, 9.17) is 5.11 Å². The van der Waals surface area contributed by atoms with Crippen molar-refractivity contribution in [1.82, 2.24) is 10.2 Å². The molecule has 1 aliphatic carbocycles. The molecular weight excluding hydrogens is 296 g/mol. The molecule has 6 heteroatoms. The highest BCUT2D eigenvalue weighted by Gasteiger charge is 2.34. The number of carbonyl (C=O) groups is 3. The molecule has 0 aliphatic heterocycles. The minimum absolute atomic E-state index is 0.0682. The van der Waals surface area contributed by atoms with Gasteiger partial charge < -0.3 is 15.3 Å². The molecule has 130 valence electrons. The Hall–Kier alpha value is -1.85. The number of likely N-dealkylation sites (N-methyl/N-ethyl adjacent to an activating group) is 1. The Morgan fingerprint density at radius 2 is 1.83 bits per heavy atom. The maximum atomic E-state index is 12.8. The van der Waals surface area contributed by atoms with E-state index in [1.807, 2.05) is 13.8 Å². The van der Waals surface area contributed by atoms with Crippen LogP contribution >= 0.6 is 0 Å². The van der Waals surface area contributed by atoms with Crippen LogP contribution in [0.25, 0.3) is 0 Å². The monoisotopic (exact) mass is 324 g/mol. The Balaban J connectivity index is 2.97. The molecule has 0 bridgehead atoms. The number of carboxylic acids is 1. The summed E-state index contributed by atoms with van der Waals surface area (Å²) in [5, 5.41) is 11.7. The lowest BCUT2D eigenvalue weighted by Crippen LogP contribution is -2.52. The maximum absolute atomic E-state index is 12.8. The first-order chi connectivity index (χ1) is 10.8. The second-order valence-electron chi connectivity index (χ2n) is 6.65. The summed E-state index contributed by atoms with van der Waals surface area (Å²) < 4.78 is 0. The summed E-state index contributed by atoms with van der Waals surface area (Å²) in [5.74, 6) is -0.918. The number of carboxylic acid groups (broad SMARTS) is 1. The maximum Gasteiger partial charge on any atom is 0.331 e. The van der Waals surface area contributed by atoms with Crippen molar-refractivity contribution >= 4 is 18.3 Å². The summed E-state index contributed by atoms with van der Waals surface area (Å²) in [6, 6.07) is -0.851. The Labute approximate surface area is 137 Å². The van der Waals surface area contributed by atoms with E-state index in [-0.39, 0.29) is 29.4 Å². The van der Waals surface area contributed by atoms with E-state index in [1.165, 1.54) is 6.92 Å². The Bertz CT molecular complexity index is 467. The predicted molar refractivity (Wildman–Crippen MR) is 87.7 cm³/mol. The van der Waals surface area contributed by atoms with Crippen molar-refractivity contribution in [2.75, 3.05) is 7.05 Å². The van der Waals surface area contributed by atoms with Gasteiger partial charge >= 0.3 is 5.97 Å². The molecule has 2 N–H and O–H groups in total. The molecule has 1 unspecified atom stereocenters. The third-order valence-corrected chi connectivity index (χ3v) is 4.62. The zero-order valence-corrected chi connectivity index (χ0v) is 14.4. The van der Waals surface area contributed by atoms with Gasteiger partial charge in [-0.2, -0.15) is 0 Å². The number of amides is 2. The average molecular weight is 324 g/mol. The summed E-state index contributed by atoms with van der Waals surface area (Å²) in [6.45, 7) is 5.41. The van der Waals surface area contributed by atoms with Crippen LogP contribution < -0.4 is 5.32 Å². The number of rotatable bonds is 8. The van der Waals surface area contributed by atoms with Crippen molar-refractivity contribution < 1.29 is 19.5 Å². The molecule has 6 nitrogen and oxygen atoms in total. The standard InChI is InChI=1S/C17H28N2O4/c1-11(2)14(9-12(3)17(22)23)19(4)16(21)15(18-10-20)13-7-5-6-8-13/h9-11,13-15H,5-8H2,1-4H3,(H,18,20)(H,22,23)/b12-9+/t14?,15-/m1/s1. The fraction of sp³-hybridized carbons (Fsp3) is 0.706. The summed E-state index contributed by atoms with van der Waals surface area (Å²) in [4.78, 5) is 36.4. The quantitative estimate of drug-likeness (QED) is 0.526. The van der Waals surface area contributed by atoms with Gasteiger partial charge in [-0.3, -0.25) is 9.59 Å². The van der Waals surface area contributed by atoms with Crippen molar-refractivity contribution in [2.45, 2.75) is 58.5 Å². The fourth-order valence-electron chi connectivity index (χ4n) is 3.22. The van der Waals surface area contributed by atoms with Crippen LogP contribution in [0.3, 0.4) is 0 Å². The summed E-state index contributed by atoms with van der Waals surface area (Å²) in [6.07, 6.45) is 6.20. The van der Waals surface area contributed by atoms with Crippen molar-refractivity contribution in [3.05, 3.63) is 11.6 Å². The van der Waals surface area contributed by atoms with Gasteiger partial charge in [-0.25, -0.2) is 4.79 Å². The van der Waals surface area contributed by atoms with E-state index >= 15 is 0 Å². The molecule has 2 amide bonds. The lowest BCUT2D eigenvalue weighted by Gasteiger charge is -2.34. The molecular formula is C17H28N2O4. The summed E-state index contributed by atoms with van der Waals surface area (Å²) in [5.41, 5.74) is 0.212. The van der Waals surface area contributed by atoms with Gasteiger partial charge in [0.1, 0.15) is 6.04 Å². The Morgan fingerprint density at radius 1 is 1.26 bits per heavy atom. The van der Waals surface area contributed by atoms with Gasteiger partial charge in [-0.1, -0.05) is 32.8 Å². The second kappa shape index (κ2) is 8.70. The predicted octanol–water partition coefficient (Wildman–Crippen LogP) is 1.81. The van der Waals surface area contributed by atoms with Gasteiger partial charge in [0.05, 0.1) is 6.04 Å². The molecule has 0 heterocycles. The Morgan fingerprint density at radius 3 is 2.26 bits per heavy atom. The minimum atomic E-state index is -0.991. The SMILES string of the molecule is C/C(=C\C(C(C)C)N(C)C(=O)[C@H](NC=O)C1CCCC1)C(=O)O. The van der Waals surface area contributed by atoms with Crippen LogP contribution in [0.15, 0.2) is 11.6 Å². The van der Waals surface area contributed by atoms with Gasteiger partial charge in [-0.05, 0) is 31.6 Å². The highest BCUT2D eigenvalue weighted by atomic mass is 16.4. The van der Waals surface area contributed by atoms with Crippen molar-refractivity contribution in [2.24, 2.45) is 11.8 Å². The zero-order valence-electron chi connectivity index (χ0n) is 14.4. The molecule has 0 saturated heterocycles. The van der Waals surface area contributed by atoms with E-state index in [2.05, 4.69) is 5.32 Å². The summed E-state index contributed by atoms with van der Waals surface area (Å²) >= 11 is 0. The van der Waals surface area contributed by atoms with Gasteiger partial charge in [0.15, 0.2) is 0 Å². The minimum Gasteiger partial charge on any atom is -0.478 e. The first-order valence-electron chi connectivity index (χ1n) is 8.17. The number of hydrogen-bond donors (Lipinski definition) is 2. The largest absolute Gasteiger partial charge is 0.478 e. The van der Waals surface area contributed by atoms with Crippen LogP contribution in [0.5, 0.6) is 0 Å². The number of aliphatic carboxylic acids is 1. The van der Waals surface area contributed by atoms with E-state index < -0.39 is 12.0 Å². The Kier molecular flexibility index (Phi) is 7.26. The van der Waals surface area contributed by atoms with Gasteiger partial charge in [0, 0.05) is 12.6 Å². The van der Waals surface area contributed by atoms with Crippen LogP contribution in [0.1, 0.15) is 46.5 Å². The first kappa shape index (κ1) is 19.2. The topological polar surface area (TPSA) is 86.7 Å². The third kappa shape index (κ3) is 5.08. The highest BCUT2D eigenvalue weighted by molar-refractivity contribution is 5.87. The number of nitrogens with one attached hydrogen (secondary N) is 1. The molecule has 0 spiro atoms. The van der Waals surface area contributed by atoms with Crippen LogP contribution in [-0.4, -0.2) is 47.4 Å². The molecule has 23 heavy (non-hydrogen) atoms. The summed E-state index contributed by atoms with van der Waals surface area (Å²) in [7, 11) is 1.67. The number of carbonyl (C=O) groups excluding carboxylic acids is 2. The van der Waals surface area contributed by atoms with Crippen molar-refractivity contribution in [3.8, 4) is 0 Å². The van der Waals surface area contributed by atoms with Crippen molar-refractivity contribution in [1.29, 1.82) is 0 Å². The van der Waals surface area contributed by atoms with Crippen LogP contribution in [0, 0.1) is 11.8 Å². The van der Waals surface area contributed by atoms with Gasteiger partial charge in [0.2, 0.25) is 12.3 Å². The number of hydrogen-bond acceptors (Lipinski definition) is 3. The van der Waals surface area contributed by atoms with Gasteiger partial charge in [0.25, 0.3) is 0 Å². The average Bonchev–Trinajstić information content (AvgIpc) is 3.02. The lowest BCUT2D eigenvalue weighted by molar-refractivity contribution is -0.137. The van der Waals surface area contributed by atoms with Gasteiger partial charge in [-0.15, -0.1) is 0 Å². The van der Waals surface area contributed by atoms with Crippen molar-refractivity contribution in [3.63, 3.8) is 0 Å². The van der Waals surface area contributed by atoms with E-state index in [0.717, 1.165) is 25.7 Å². The molecule has 1 saturated carbocycles. The molecule has 2 atom stereocenters. The molecule has 1 rings (SSSR count). The van der Waals surface area contributed by atoms with Crippen LogP contribution in [0.4, 0.5) is 0 Å². The molecule has 0 aromatic rings. The van der Waals surface area contributed by atoms with E-state index in [0.29, 0.717) is 6.41 Å². The van der Waals surface area contributed by atoms with Crippen LogP contribution in [0.2, 0.25) is 0 Å². The third-order valence-electron chi connectivity index (χ3n) is 4.62. The van der Waals surface area contributed by atoms with Crippen LogP contribution in [-0.2, 0) is 14.4 Å². The normalized spacial score (nSPS) is 18.6. The smallest absolute Gasteiger partial charge is 0.331 e.